The Hall–Kier alpha value is -1.75. The molecule has 0 aromatic heterocycles. The van der Waals surface area contributed by atoms with Crippen molar-refractivity contribution in [2.45, 2.75) is 44.1 Å². The third-order valence-corrected chi connectivity index (χ3v) is 5.41. The van der Waals surface area contributed by atoms with Crippen molar-refractivity contribution < 1.29 is 14.3 Å². The number of hydrogen-bond acceptors (Lipinski definition) is 4. The molecule has 132 valence electrons. The van der Waals surface area contributed by atoms with E-state index < -0.39 is 0 Å². The fraction of sp³-hybridized carbons (Fsp3) is 0.632. The van der Waals surface area contributed by atoms with Gasteiger partial charge >= 0.3 is 0 Å². The van der Waals surface area contributed by atoms with Gasteiger partial charge in [0.15, 0.2) is 0 Å². The summed E-state index contributed by atoms with van der Waals surface area (Å²) in [6.45, 7) is 1.61. The minimum atomic E-state index is 0.118. The van der Waals surface area contributed by atoms with E-state index in [-0.39, 0.29) is 12.0 Å². The number of rotatable bonds is 4. The van der Waals surface area contributed by atoms with Crippen molar-refractivity contribution in [2.24, 2.45) is 11.7 Å². The summed E-state index contributed by atoms with van der Waals surface area (Å²) < 4.78 is 10.7. The zero-order chi connectivity index (χ0) is 17.1. The lowest BCUT2D eigenvalue weighted by Gasteiger charge is -2.29. The van der Waals surface area contributed by atoms with Gasteiger partial charge in [0.05, 0.1) is 14.2 Å². The number of hydrogen-bond donors (Lipinski definition) is 1. The molecule has 0 radical (unpaired) electrons. The molecule has 5 nitrogen and oxygen atoms in total. The monoisotopic (exact) mass is 332 g/mol. The van der Waals surface area contributed by atoms with E-state index in [1.165, 1.54) is 5.56 Å². The molecule has 3 atom stereocenters. The van der Waals surface area contributed by atoms with Gasteiger partial charge in [-0.15, -0.1) is 0 Å². The molecule has 0 bridgehead atoms. The number of methoxy groups -OCH3 is 2. The molecule has 5 heteroatoms. The van der Waals surface area contributed by atoms with E-state index in [1.807, 2.05) is 11.0 Å². The zero-order valence-electron chi connectivity index (χ0n) is 14.7. The molecule has 2 N–H and O–H groups in total. The van der Waals surface area contributed by atoms with Crippen LogP contribution in [0.1, 0.15) is 43.6 Å². The number of benzene rings is 1. The second kappa shape index (κ2) is 7.43. The van der Waals surface area contributed by atoms with E-state index in [4.69, 9.17) is 15.2 Å². The maximum absolute atomic E-state index is 12.8. The van der Waals surface area contributed by atoms with Crippen LogP contribution in [0.3, 0.4) is 0 Å². The van der Waals surface area contributed by atoms with E-state index >= 15 is 0 Å². The van der Waals surface area contributed by atoms with Crippen LogP contribution in [-0.4, -0.2) is 44.2 Å². The summed E-state index contributed by atoms with van der Waals surface area (Å²) in [5, 5.41) is 0. The van der Waals surface area contributed by atoms with Crippen LogP contribution in [0.15, 0.2) is 18.2 Å². The van der Waals surface area contributed by atoms with Gasteiger partial charge in [-0.2, -0.15) is 0 Å². The molecular weight excluding hydrogens is 304 g/mol. The van der Waals surface area contributed by atoms with Crippen molar-refractivity contribution in [3.63, 3.8) is 0 Å². The van der Waals surface area contributed by atoms with Gasteiger partial charge in [0.2, 0.25) is 5.91 Å². The van der Waals surface area contributed by atoms with Crippen molar-refractivity contribution in [3.05, 3.63) is 23.8 Å². The number of nitrogens with zero attached hydrogens (tertiary/aromatic N) is 1. The lowest BCUT2D eigenvalue weighted by atomic mass is 9.85. The summed E-state index contributed by atoms with van der Waals surface area (Å²) >= 11 is 0. The Morgan fingerprint density at radius 3 is 2.46 bits per heavy atom. The molecule has 0 spiro atoms. The van der Waals surface area contributed by atoms with Crippen LogP contribution in [0.2, 0.25) is 0 Å². The van der Waals surface area contributed by atoms with Gasteiger partial charge in [0.25, 0.3) is 0 Å². The SMILES string of the molecule is COc1cc(OC)cc([C@@H]2CCN(C(=O)[C@H]3CCC[C@H](N)C3)C2)c1. The van der Waals surface area contributed by atoms with Gasteiger partial charge < -0.3 is 20.1 Å². The number of carbonyl (C=O) groups excluding carboxylic acids is 1. The first-order chi connectivity index (χ1) is 11.6. The highest BCUT2D eigenvalue weighted by molar-refractivity contribution is 5.79. The first kappa shape index (κ1) is 17.1. The molecule has 1 aliphatic carbocycles. The summed E-state index contributed by atoms with van der Waals surface area (Å²) in [6, 6.07) is 6.17. The van der Waals surface area contributed by atoms with Gasteiger partial charge in [-0.05, 0) is 43.4 Å². The van der Waals surface area contributed by atoms with Gasteiger partial charge in [0, 0.05) is 37.0 Å². The molecule has 2 fully saturated rings. The molecule has 1 aromatic carbocycles. The molecule has 24 heavy (non-hydrogen) atoms. The molecule has 1 heterocycles. The van der Waals surface area contributed by atoms with Crippen LogP contribution >= 0.6 is 0 Å². The van der Waals surface area contributed by atoms with Crippen LogP contribution in [0, 0.1) is 5.92 Å². The topological polar surface area (TPSA) is 64.8 Å². The maximum Gasteiger partial charge on any atom is 0.225 e. The molecule has 1 amide bonds. The van der Waals surface area contributed by atoms with Crippen molar-refractivity contribution in [3.8, 4) is 11.5 Å². The van der Waals surface area contributed by atoms with E-state index in [0.29, 0.717) is 11.8 Å². The number of ether oxygens (including phenoxy) is 2. The van der Waals surface area contributed by atoms with Gasteiger partial charge in [-0.1, -0.05) is 6.42 Å². The highest BCUT2D eigenvalue weighted by Gasteiger charge is 2.33. The number of nitrogens with two attached hydrogens (primary N) is 1. The van der Waals surface area contributed by atoms with E-state index in [1.54, 1.807) is 14.2 Å². The molecule has 2 aliphatic rings. The van der Waals surface area contributed by atoms with Crippen molar-refractivity contribution >= 4 is 5.91 Å². The van der Waals surface area contributed by atoms with Crippen molar-refractivity contribution in [1.29, 1.82) is 0 Å². The highest BCUT2D eigenvalue weighted by Crippen LogP contribution is 2.34. The predicted octanol–water partition coefficient (Wildman–Crippen LogP) is 2.54. The van der Waals surface area contributed by atoms with Crippen molar-refractivity contribution in [1.82, 2.24) is 4.90 Å². The van der Waals surface area contributed by atoms with Crippen molar-refractivity contribution in [2.75, 3.05) is 27.3 Å². The third kappa shape index (κ3) is 3.66. The average Bonchev–Trinajstić information content (AvgIpc) is 3.10. The maximum atomic E-state index is 12.8. The third-order valence-electron chi connectivity index (χ3n) is 5.41. The summed E-state index contributed by atoms with van der Waals surface area (Å²) in [5.41, 5.74) is 7.23. The average molecular weight is 332 g/mol. The second-order valence-electron chi connectivity index (χ2n) is 7.04. The Morgan fingerprint density at radius 1 is 1.12 bits per heavy atom. The van der Waals surface area contributed by atoms with E-state index in [0.717, 1.165) is 56.7 Å². The summed E-state index contributed by atoms with van der Waals surface area (Å²) in [5.74, 6) is 2.35. The van der Waals surface area contributed by atoms with E-state index in [2.05, 4.69) is 12.1 Å². The van der Waals surface area contributed by atoms with Crippen LogP contribution in [0.25, 0.3) is 0 Å². The first-order valence-electron chi connectivity index (χ1n) is 8.88. The number of likely N-dealkylation sites (tertiary alicyclic amines) is 1. The molecule has 0 unspecified atom stereocenters. The Bertz CT molecular complexity index is 568. The zero-order valence-corrected chi connectivity index (χ0v) is 14.7. The molecule has 1 saturated carbocycles. The molecule has 3 rings (SSSR count). The fourth-order valence-electron chi connectivity index (χ4n) is 4.01. The Balaban J connectivity index is 1.67. The summed E-state index contributed by atoms with van der Waals surface area (Å²) in [6.07, 6.45) is 4.94. The standard InChI is InChI=1S/C19H28N2O3/c1-23-17-9-15(10-18(11-17)24-2)14-6-7-21(12-14)19(22)13-4-3-5-16(20)8-13/h9-11,13-14,16H,3-8,12,20H2,1-2H3/t13-,14+,16-/m0/s1. The van der Waals surface area contributed by atoms with Crippen LogP contribution in [0.5, 0.6) is 11.5 Å². The Kier molecular flexibility index (Phi) is 5.29. The van der Waals surface area contributed by atoms with Gasteiger partial charge in [0.1, 0.15) is 11.5 Å². The van der Waals surface area contributed by atoms with E-state index in [9.17, 15) is 4.79 Å². The lowest BCUT2D eigenvalue weighted by Crippen LogP contribution is -2.39. The molecule has 1 aliphatic heterocycles. The molecular formula is C19H28N2O3. The first-order valence-corrected chi connectivity index (χ1v) is 8.88. The number of amides is 1. The minimum Gasteiger partial charge on any atom is -0.497 e. The Labute approximate surface area is 144 Å². The minimum absolute atomic E-state index is 0.118. The second-order valence-corrected chi connectivity index (χ2v) is 7.04. The Morgan fingerprint density at radius 2 is 1.83 bits per heavy atom. The lowest BCUT2D eigenvalue weighted by molar-refractivity contribution is -0.135. The van der Waals surface area contributed by atoms with Crippen LogP contribution in [-0.2, 0) is 4.79 Å². The van der Waals surface area contributed by atoms with Gasteiger partial charge in [-0.3, -0.25) is 4.79 Å². The van der Waals surface area contributed by atoms with Gasteiger partial charge in [-0.25, -0.2) is 0 Å². The molecule has 1 aromatic rings. The summed E-state index contributed by atoms with van der Waals surface area (Å²) in [7, 11) is 3.32. The largest absolute Gasteiger partial charge is 0.497 e. The fourth-order valence-corrected chi connectivity index (χ4v) is 4.01. The number of carbonyl (C=O) groups is 1. The van der Waals surface area contributed by atoms with Crippen LogP contribution in [0.4, 0.5) is 0 Å². The highest BCUT2D eigenvalue weighted by atomic mass is 16.5. The van der Waals surface area contributed by atoms with Crippen LogP contribution < -0.4 is 15.2 Å². The summed E-state index contributed by atoms with van der Waals surface area (Å²) in [4.78, 5) is 14.8. The quantitative estimate of drug-likeness (QED) is 0.920. The smallest absolute Gasteiger partial charge is 0.225 e. The predicted molar refractivity (Wildman–Crippen MR) is 93.4 cm³/mol. The normalized spacial score (nSPS) is 27.1. The molecule has 1 saturated heterocycles.